The second kappa shape index (κ2) is 6.52. The lowest BCUT2D eigenvalue weighted by Gasteiger charge is -2.25. The SMILES string of the molecule is Nc1ccc(CC(=O)NCC2CCC(O)CC2)nc1. The maximum Gasteiger partial charge on any atom is 0.226 e. The molecule has 1 fully saturated rings. The quantitative estimate of drug-likeness (QED) is 0.752. The second-order valence-electron chi connectivity index (χ2n) is 5.24. The fraction of sp³-hybridized carbons (Fsp3) is 0.571. The minimum atomic E-state index is -0.147. The maximum atomic E-state index is 11.8. The number of nitrogen functional groups attached to an aromatic ring is 1. The van der Waals surface area contributed by atoms with Crippen molar-refractivity contribution >= 4 is 11.6 Å². The predicted molar refractivity (Wildman–Crippen MR) is 73.3 cm³/mol. The highest BCUT2D eigenvalue weighted by atomic mass is 16.3. The molecular weight excluding hydrogens is 242 g/mol. The van der Waals surface area contributed by atoms with E-state index in [2.05, 4.69) is 10.3 Å². The van der Waals surface area contributed by atoms with Gasteiger partial charge in [-0.3, -0.25) is 9.78 Å². The number of nitrogens with one attached hydrogen (secondary N) is 1. The van der Waals surface area contributed by atoms with Crippen molar-refractivity contribution in [3.8, 4) is 0 Å². The van der Waals surface area contributed by atoms with Gasteiger partial charge in [0.2, 0.25) is 5.91 Å². The van der Waals surface area contributed by atoms with E-state index in [4.69, 9.17) is 5.73 Å². The topological polar surface area (TPSA) is 88.2 Å². The number of nitrogens with zero attached hydrogens (tertiary/aromatic N) is 1. The van der Waals surface area contributed by atoms with Crippen molar-refractivity contribution in [1.29, 1.82) is 0 Å². The van der Waals surface area contributed by atoms with Crippen LogP contribution in [-0.2, 0) is 11.2 Å². The summed E-state index contributed by atoms with van der Waals surface area (Å²) in [6, 6.07) is 3.52. The number of aromatic nitrogens is 1. The molecule has 19 heavy (non-hydrogen) atoms. The summed E-state index contributed by atoms with van der Waals surface area (Å²) in [5.41, 5.74) is 6.87. The number of nitrogens with two attached hydrogens (primary N) is 1. The van der Waals surface area contributed by atoms with E-state index in [1.807, 2.05) is 0 Å². The Balaban J connectivity index is 1.71. The summed E-state index contributed by atoms with van der Waals surface area (Å²) in [6.45, 7) is 0.695. The number of amides is 1. The number of carbonyl (C=O) groups is 1. The Labute approximate surface area is 113 Å². The molecule has 1 aliphatic rings. The normalized spacial score (nSPS) is 23.0. The number of aliphatic hydroxyl groups excluding tert-OH is 1. The van der Waals surface area contributed by atoms with E-state index in [-0.39, 0.29) is 18.4 Å². The Morgan fingerprint density at radius 2 is 2.11 bits per heavy atom. The molecule has 0 bridgehead atoms. The van der Waals surface area contributed by atoms with Crippen molar-refractivity contribution in [2.24, 2.45) is 5.92 Å². The number of hydrogen-bond donors (Lipinski definition) is 3. The predicted octanol–water partition coefficient (Wildman–Crippen LogP) is 0.874. The van der Waals surface area contributed by atoms with Gasteiger partial charge in [-0.1, -0.05) is 0 Å². The van der Waals surface area contributed by atoms with Gasteiger partial charge in [0.05, 0.1) is 24.4 Å². The van der Waals surface area contributed by atoms with Gasteiger partial charge in [0.1, 0.15) is 0 Å². The third-order valence-electron chi connectivity index (χ3n) is 3.59. The van der Waals surface area contributed by atoms with Crippen molar-refractivity contribution in [2.45, 2.75) is 38.2 Å². The van der Waals surface area contributed by atoms with Crippen molar-refractivity contribution in [3.05, 3.63) is 24.0 Å². The summed E-state index contributed by atoms with van der Waals surface area (Å²) in [5.74, 6) is 0.482. The molecule has 4 N–H and O–H groups in total. The first-order valence-corrected chi connectivity index (χ1v) is 6.78. The highest BCUT2D eigenvalue weighted by Gasteiger charge is 2.19. The van der Waals surface area contributed by atoms with E-state index in [1.54, 1.807) is 18.3 Å². The molecular formula is C14H21N3O2. The van der Waals surface area contributed by atoms with E-state index in [9.17, 15) is 9.90 Å². The van der Waals surface area contributed by atoms with Gasteiger partial charge in [-0.25, -0.2) is 0 Å². The molecule has 0 saturated heterocycles. The van der Waals surface area contributed by atoms with E-state index < -0.39 is 0 Å². The van der Waals surface area contributed by atoms with Gasteiger partial charge < -0.3 is 16.2 Å². The maximum absolute atomic E-state index is 11.8. The first kappa shape index (κ1) is 13.8. The van der Waals surface area contributed by atoms with Crippen molar-refractivity contribution in [3.63, 3.8) is 0 Å². The number of carbonyl (C=O) groups excluding carboxylic acids is 1. The first-order valence-electron chi connectivity index (χ1n) is 6.78. The van der Waals surface area contributed by atoms with Crippen molar-refractivity contribution in [1.82, 2.24) is 10.3 Å². The molecule has 1 heterocycles. The van der Waals surface area contributed by atoms with Gasteiger partial charge in [0, 0.05) is 12.2 Å². The summed E-state index contributed by atoms with van der Waals surface area (Å²) in [4.78, 5) is 15.9. The van der Waals surface area contributed by atoms with Crippen molar-refractivity contribution < 1.29 is 9.90 Å². The molecule has 0 spiro atoms. The highest BCUT2D eigenvalue weighted by molar-refractivity contribution is 5.78. The molecule has 1 saturated carbocycles. The molecule has 1 amide bonds. The number of hydrogen-bond acceptors (Lipinski definition) is 4. The highest BCUT2D eigenvalue weighted by Crippen LogP contribution is 2.23. The molecule has 2 rings (SSSR count). The van der Waals surface area contributed by atoms with Gasteiger partial charge >= 0.3 is 0 Å². The Kier molecular flexibility index (Phi) is 4.74. The van der Waals surface area contributed by atoms with Crippen LogP contribution in [0, 0.1) is 5.92 Å². The van der Waals surface area contributed by atoms with Crippen molar-refractivity contribution in [2.75, 3.05) is 12.3 Å². The third-order valence-corrected chi connectivity index (χ3v) is 3.59. The van der Waals surface area contributed by atoms with Crippen LogP contribution in [0.5, 0.6) is 0 Å². The van der Waals surface area contributed by atoms with Crippen LogP contribution in [0.1, 0.15) is 31.4 Å². The minimum Gasteiger partial charge on any atom is -0.397 e. The third kappa shape index (κ3) is 4.52. The standard InChI is InChI=1S/C14H21N3O2/c15-11-3-4-12(16-9-11)7-14(19)17-8-10-1-5-13(18)6-2-10/h3-4,9-10,13,18H,1-2,5-8,15H2,(H,17,19). The van der Waals surface area contributed by atoms with Crippen LogP contribution in [0.15, 0.2) is 18.3 Å². The van der Waals surface area contributed by atoms with E-state index in [0.29, 0.717) is 18.2 Å². The van der Waals surface area contributed by atoms with E-state index in [0.717, 1.165) is 31.4 Å². The molecule has 0 aromatic carbocycles. The van der Waals surface area contributed by atoms with Crippen LogP contribution in [-0.4, -0.2) is 28.6 Å². The van der Waals surface area contributed by atoms with Crippen LogP contribution in [0.3, 0.4) is 0 Å². The zero-order valence-electron chi connectivity index (χ0n) is 11.0. The van der Waals surface area contributed by atoms with Crippen LogP contribution >= 0.6 is 0 Å². The van der Waals surface area contributed by atoms with Crippen LogP contribution < -0.4 is 11.1 Å². The molecule has 5 heteroatoms. The molecule has 1 aliphatic carbocycles. The Bertz CT molecular complexity index is 411. The van der Waals surface area contributed by atoms with E-state index in [1.165, 1.54) is 0 Å². The average Bonchev–Trinajstić information content (AvgIpc) is 2.41. The number of aliphatic hydroxyl groups is 1. The van der Waals surface area contributed by atoms with Gasteiger partial charge in [-0.2, -0.15) is 0 Å². The smallest absolute Gasteiger partial charge is 0.226 e. The van der Waals surface area contributed by atoms with Crippen LogP contribution in [0.25, 0.3) is 0 Å². The fourth-order valence-corrected chi connectivity index (χ4v) is 2.37. The monoisotopic (exact) mass is 263 g/mol. The first-order chi connectivity index (χ1) is 9.13. The van der Waals surface area contributed by atoms with Gasteiger partial charge in [0.25, 0.3) is 0 Å². The Hall–Kier alpha value is -1.62. The van der Waals surface area contributed by atoms with Gasteiger partial charge in [-0.05, 0) is 43.7 Å². The molecule has 0 unspecified atom stereocenters. The molecule has 0 aliphatic heterocycles. The summed E-state index contributed by atoms with van der Waals surface area (Å²) in [5, 5.41) is 12.4. The zero-order valence-corrected chi connectivity index (χ0v) is 11.0. The lowest BCUT2D eigenvalue weighted by atomic mass is 9.87. The summed E-state index contributed by atoms with van der Waals surface area (Å²) >= 11 is 0. The fourth-order valence-electron chi connectivity index (χ4n) is 2.37. The Morgan fingerprint density at radius 3 is 2.74 bits per heavy atom. The zero-order chi connectivity index (χ0) is 13.7. The van der Waals surface area contributed by atoms with E-state index >= 15 is 0 Å². The lowest BCUT2D eigenvalue weighted by Crippen LogP contribution is -2.33. The minimum absolute atomic E-state index is 0.0107. The summed E-state index contributed by atoms with van der Waals surface area (Å²) < 4.78 is 0. The summed E-state index contributed by atoms with van der Waals surface area (Å²) in [6.07, 6.45) is 5.37. The molecule has 5 nitrogen and oxygen atoms in total. The molecule has 0 radical (unpaired) electrons. The average molecular weight is 263 g/mol. The second-order valence-corrected chi connectivity index (χ2v) is 5.24. The van der Waals surface area contributed by atoms with Gasteiger partial charge in [-0.15, -0.1) is 0 Å². The summed E-state index contributed by atoms with van der Waals surface area (Å²) in [7, 11) is 0. The molecule has 1 aromatic heterocycles. The van der Waals surface area contributed by atoms with Gasteiger partial charge in [0.15, 0.2) is 0 Å². The van der Waals surface area contributed by atoms with Crippen LogP contribution in [0.4, 0.5) is 5.69 Å². The largest absolute Gasteiger partial charge is 0.397 e. The number of anilines is 1. The molecule has 0 atom stereocenters. The lowest BCUT2D eigenvalue weighted by molar-refractivity contribution is -0.120. The van der Waals surface area contributed by atoms with Crippen LogP contribution in [0.2, 0.25) is 0 Å². The molecule has 1 aromatic rings. The number of pyridine rings is 1. The molecule has 104 valence electrons. The number of rotatable bonds is 4. The Morgan fingerprint density at radius 1 is 1.37 bits per heavy atom.